The largest absolute Gasteiger partial charge is 0.478 e. The minimum Gasteiger partial charge on any atom is -0.478 e. The van der Waals surface area contributed by atoms with Gasteiger partial charge in [-0.05, 0) is 48.4 Å². The monoisotopic (exact) mass is 476 g/mol. The Labute approximate surface area is 201 Å². The Morgan fingerprint density at radius 3 is 2.97 bits per heavy atom. The lowest BCUT2D eigenvalue weighted by atomic mass is 9.98. The number of fused-ring (bicyclic) bond motifs is 4. The lowest BCUT2D eigenvalue weighted by Gasteiger charge is -2.30. The van der Waals surface area contributed by atoms with Gasteiger partial charge in [-0.15, -0.1) is 0 Å². The average Bonchev–Trinajstić information content (AvgIpc) is 3.17. The summed E-state index contributed by atoms with van der Waals surface area (Å²) in [6.45, 7) is 4.18. The summed E-state index contributed by atoms with van der Waals surface area (Å²) >= 11 is 6.30. The van der Waals surface area contributed by atoms with E-state index >= 15 is 0 Å². The molecule has 0 aliphatic carbocycles. The van der Waals surface area contributed by atoms with Crippen LogP contribution in [-0.4, -0.2) is 29.2 Å². The van der Waals surface area contributed by atoms with Gasteiger partial charge in [0.05, 0.1) is 17.7 Å². The third-order valence-electron chi connectivity index (χ3n) is 6.11. The van der Waals surface area contributed by atoms with Crippen molar-refractivity contribution in [2.45, 2.75) is 26.6 Å². The second kappa shape index (κ2) is 8.43. The zero-order valence-corrected chi connectivity index (χ0v) is 19.2. The number of carbonyl (C=O) groups is 1. The Hall–Kier alpha value is -3.39. The molecule has 3 aliphatic heterocycles. The summed E-state index contributed by atoms with van der Waals surface area (Å²) in [5.41, 5.74) is 4.86. The molecule has 6 rings (SSSR count). The van der Waals surface area contributed by atoms with E-state index in [-0.39, 0.29) is 18.3 Å². The number of rotatable bonds is 3. The van der Waals surface area contributed by atoms with E-state index in [1.807, 2.05) is 31.3 Å². The van der Waals surface area contributed by atoms with Gasteiger partial charge in [-0.25, -0.2) is 0 Å². The van der Waals surface area contributed by atoms with Gasteiger partial charge in [-0.3, -0.25) is 14.7 Å². The van der Waals surface area contributed by atoms with Crippen LogP contribution < -0.4 is 14.2 Å². The fourth-order valence-corrected chi connectivity index (χ4v) is 4.83. The van der Waals surface area contributed by atoms with Crippen molar-refractivity contribution >= 4 is 23.5 Å². The molecule has 0 amide bonds. The Kier molecular flexibility index (Phi) is 5.25. The Bertz CT molecular complexity index is 1340. The highest BCUT2D eigenvalue weighted by Gasteiger charge is 2.36. The van der Waals surface area contributed by atoms with Crippen LogP contribution in [0.4, 0.5) is 0 Å². The fraction of sp³-hybridized carbons (Fsp3) is 0.231. The number of hydrogen-bond donors (Lipinski definition) is 0. The summed E-state index contributed by atoms with van der Waals surface area (Å²) in [7, 11) is 0. The minimum absolute atomic E-state index is 0.149. The first-order valence-corrected chi connectivity index (χ1v) is 11.3. The maximum Gasteiger partial charge on any atom is 0.232 e. The van der Waals surface area contributed by atoms with Crippen LogP contribution in [-0.2, 0) is 24.4 Å². The third kappa shape index (κ3) is 3.72. The number of halogens is 1. The molecule has 0 unspecified atom stereocenters. The summed E-state index contributed by atoms with van der Waals surface area (Å²) in [6.07, 6.45) is 5.29. The molecule has 0 N–H and O–H groups in total. The maximum atomic E-state index is 13.4. The molecule has 1 aromatic heterocycles. The fourth-order valence-electron chi connectivity index (χ4n) is 4.58. The van der Waals surface area contributed by atoms with Crippen LogP contribution in [0.3, 0.4) is 0 Å². The number of carbonyl (C=O) groups excluding carboxylic acids is 1. The van der Waals surface area contributed by atoms with E-state index in [0.717, 1.165) is 28.0 Å². The van der Waals surface area contributed by atoms with Crippen molar-refractivity contribution in [1.29, 1.82) is 0 Å². The Morgan fingerprint density at radius 1 is 1.21 bits per heavy atom. The number of ether oxygens (including phenoxy) is 4. The van der Waals surface area contributed by atoms with E-state index in [1.165, 1.54) is 0 Å². The molecule has 34 heavy (non-hydrogen) atoms. The van der Waals surface area contributed by atoms with E-state index in [2.05, 4.69) is 9.88 Å². The normalized spacial score (nSPS) is 17.9. The van der Waals surface area contributed by atoms with Crippen LogP contribution in [0.25, 0.3) is 6.08 Å². The van der Waals surface area contributed by atoms with Crippen LogP contribution >= 0.6 is 11.6 Å². The quantitative estimate of drug-likeness (QED) is 0.499. The molecule has 0 fully saturated rings. The van der Waals surface area contributed by atoms with Gasteiger partial charge in [0, 0.05) is 41.6 Å². The van der Waals surface area contributed by atoms with Gasteiger partial charge in [0.1, 0.15) is 24.0 Å². The van der Waals surface area contributed by atoms with Gasteiger partial charge in [0.25, 0.3) is 0 Å². The molecule has 8 heteroatoms. The minimum atomic E-state index is -0.166. The second-order valence-corrected chi connectivity index (χ2v) is 8.97. The van der Waals surface area contributed by atoms with E-state index in [9.17, 15) is 4.79 Å². The maximum absolute atomic E-state index is 13.4. The van der Waals surface area contributed by atoms with Gasteiger partial charge in [-0.2, -0.15) is 0 Å². The predicted molar refractivity (Wildman–Crippen MR) is 125 cm³/mol. The van der Waals surface area contributed by atoms with Gasteiger partial charge < -0.3 is 18.9 Å². The highest BCUT2D eigenvalue weighted by Crippen LogP contribution is 2.45. The number of aryl methyl sites for hydroxylation is 1. The number of nitrogens with zero attached hydrogens (tertiary/aromatic N) is 2. The molecular formula is C26H21ClN2O5. The number of benzene rings is 2. The van der Waals surface area contributed by atoms with Crippen molar-refractivity contribution in [2.24, 2.45) is 0 Å². The van der Waals surface area contributed by atoms with E-state index in [0.29, 0.717) is 54.1 Å². The molecule has 3 aromatic rings. The van der Waals surface area contributed by atoms with Crippen molar-refractivity contribution in [3.63, 3.8) is 0 Å². The lowest BCUT2D eigenvalue weighted by Crippen LogP contribution is -2.31. The molecule has 3 aliphatic rings. The van der Waals surface area contributed by atoms with Gasteiger partial charge >= 0.3 is 0 Å². The molecule has 4 heterocycles. The van der Waals surface area contributed by atoms with Crippen molar-refractivity contribution in [3.05, 3.63) is 86.9 Å². The van der Waals surface area contributed by atoms with E-state index in [1.54, 1.807) is 24.4 Å². The molecule has 7 nitrogen and oxygen atoms in total. The summed E-state index contributed by atoms with van der Waals surface area (Å²) in [5.74, 6) is 2.02. The first-order chi connectivity index (χ1) is 16.6. The smallest absolute Gasteiger partial charge is 0.232 e. The molecule has 0 saturated carbocycles. The molecule has 0 spiro atoms. The molecule has 0 radical (unpaired) electrons. The van der Waals surface area contributed by atoms with Crippen molar-refractivity contribution in [1.82, 2.24) is 9.88 Å². The summed E-state index contributed by atoms with van der Waals surface area (Å²) < 4.78 is 23.3. The predicted octanol–water partition coefficient (Wildman–Crippen LogP) is 4.88. The van der Waals surface area contributed by atoms with Crippen molar-refractivity contribution < 1.29 is 23.7 Å². The molecule has 172 valence electrons. The van der Waals surface area contributed by atoms with Gasteiger partial charge in [0.2, 0.25) is 5.78 Å². The van der Waals surface area contributed by atoms with Crippen LogP contribution in [0.1, 0.15) is 38.2 Å². The molecular weight excluding hydrogens is 456 g/mol. The van der Waals surface area contributed by atoms with Gasteiger partial charge in [0.15, 0.2) is 12.6 Å². The molecule has 2 aromatic carbocycles. The number of pyridine rings is 1. The summed E-state index contributed by atoms with van der Waals surface area (Å²) in [4.78, 5) is 19.7. The summed E-state index contributed by atoms with van der Waals surface area (Å²) in [6, 6.07) is 9.43. The number of aromatic nitrogens is 1. The van der Waals surface area contributed by atoms with Crippen LogP contribution in [0.15, 0.2) is 48.5 Å². The number of Topliss-reactive ketones (excluding diaryl/α,β-unsaturated/α-hetero) is 1. The SMILES string of the molecule is Cc1cc2c(c3c1C(=O)/C(=C/c1cc(Cl)cc4c1OCOC4)O3)CN(Cc1cccnc1)CO2. The summed E-state index contributed by atoms with van der Waals surface area (Å²) in [5, 5.41) is 0.538. The molecule has 0 bridgehead atoms. The molecule has 0 saturated heterocycles. The van der Waals surface area contributed by atoms with Crippen molar-refractivity contribution in [3.8, 4) is 17.2 Å². The average molecular weight is 477 g/mol. The molecule has 0 atom stereocenters. The second-order valence-electron chi connectivity index (χ2n) is 8.53. The number of allylic oxidation sites excluding steroid dienone is 1. The highest BCUT2D eigenvalue weighted by atomic mass is 35.5. The van der Waals surface area contributed by atoms with E-state index in [4.69, 9.17) is 30.5 Å². The zero-order valence-electron chi connectivity index (χ0n) is 18.5. The Balaban J connectivity index is 1.35. The van der Waals surface area contributed by atoms with Crippen LogP contribution in [0.5, 0.6) is 17.2 Å². The standard InChI is InChI=1S/C26H21ClN2O5/c1-15-5-21-20(11-29(13-32-21)10-16-3-2-4-28-9-16)26-23(15)24(30)22(34-26)8-17-6-19(27)7-18-12-31-14-33-25(17)18/h2-9H,10-14H2,1H3/b22-8-. The highest BCUT2D eigenvalue weighted by molar-refractivity contribution is 6.31. The van der Waals surface area contributed by atoms with Crippen molar-refractivity contribution in [2.75, 3.05) is 13.5 Å². The van der Waals surface area contributed by atoms with Crippen LogP contribution in [0, 0.1) is 6.92 Å². The lowest BCUT2D eigenvalue weighted by molar-refractivity contribution is -0.0165. The van der Waals surface area contributed by atoms with E-state index < -0.39 is 0 Å². The Morgan fingerprint density at radius 2 is 2.12 bits per heavy atom. The first kappa shape index (κ1) is 21.2. The number of hydrogen-bond acceptors (Lipinski definition) is 7. The first-order valence-electron chi connectivity index (χ1n) is 10.9. The van der Waals surface area contributed by atoms with Crippen LogP contribution in [0.2, 0.25) is 5.02 Å². The topological polar surface area (TPSA) is 70.1 Å². The third-order valence-corrected chi connectivity index (χ3v) is 6.33. The zero-order chi connectivity index (χ0) is 23.2. The number of ketones is 1. The van der Waals surface area contributed by atoms with Gasteiger partial charge in [-0.1, -0.05) is 17.7 Å².